The topological polar surface area (TPSA) is 3.24 Å². The highest BCUT2D eigenvalue weighted by atomic mass is 35.5. The lowest BCUT2D eigenvalue weighted by Crippen LogP contribution is -2.21. The van der Waals surface area contributed by atoms with Gasteiger partial charge in [-0.25, -0.2) is 0 Å². The zero-order chi connectivity index (χ0) is 14.7. The van der Waals surface area contributed by atoms with E-state index in [9.17, 15) is 0 Å². The first kappa shape index (κ1) is 15.5. The fourth-order valence-corrected chi connectivity index (χ4v) is 2.72. The van der Waals surface area contributed by atoms with E-state index in [0.717, 1.165) is 16.3 Å². The van der Waals surface area contributed by atoms with Crippen molar-refractivity contribution in [2.45, 2.75) is 18.8 Å². The van der Waals surface area contributed by atoms with Crippen molar-refractivity contribution in [1.29, 1.82) is 0 Å². The molecule has 106 valence electrons. The van der Waals surface area contributed by atoms with Gasteiger partial charge in [0.2, 0.25) is 0 Å². The molecule has 0 bridgehead atoms. The molecule has 20 heavy (non-hydrogen) atoms. The van der Waals surface area contributed by atoms with Crippen LogP contribution in [0.1, 0.15) is 24.1 Å². The highest BCUT2D eigenvalue weighted by molar-refractivity contribution is 6.32. The standard InChI is InChI=1S/C16H16Cl3N/c1-11(12-3-6-14(18)7-4-12)20(2)15-8-5-13(10-17)16(19)9-15/h3-9,11H,10H2,1-2H3. The highest BCUT2D eigenvalue weighted by Gasteiger charge is 2.13. The van der Waals surface area contributed by atoms with Crippen LogP contribution >= 0.6 is 34.8 Å². The number of hydrogen-bond acceptors (Lipinski definition) is 1. The number of rotatable bonds is 4. The van der Waals surface area contributed by atoms with Crippen LogP contribution in [-0.4, -0.2) is 7.05 Å². The minimum atomic E-state index is 0.227. The molecule has 0 spiro atoms. The Balaban J connectivity index is 2.24. The first-order chi connectivity index (χ1) is 9.52. The molecule has 4 heteroatoms. The summed E-state index contributed by atoms with van der Waals surface area (Å²) in [5.41, 5.74) is 3.21. The van der Waals surface area contributed by atoms with Crippen molar-refractivity contribution < 1.29 is 0 Å². The Bertz CT molecular complexity index is 581. The van der Waals surface area contributed by atoms with Crippen molar-refractivity contribution in [3.05, 3.63) is 63.6 Å². The van der Waals surface area contributed by atoms with Crippen LogP contribution in [0.15, 0.2) is 42.5 Å². The Kier molecular flexibility index (Phi) is 5.20. The summed E-state index contributed by atoms with van der Waals surface area (Å²) in [7, 11) is 2.05. The summed E-state index contributed by atoms with van der Waals surface area (Å²) in [4.78, 5) is 2.17. The van der Waals surface area contributed by atoms with Crippen LogP contribution in [0.3, 0.4) is 0 Å². The number of nitrogens with zero attached hydrogens (tertiary/aromatic N) is 1. The first-order valence-corrected chi connectivity index (χ1v) is 7.64. The summed E-state index contributed by atoms with van der Waals surface area (Å²) in [6, 6.07) is 14.1. The monoisotopic (exact) mass is 327 g/mol. The molecule has 0 aliphatic heterocycles. The van der Waals surface area contributed by atoms with Gasteiger partial charge in [0.1, 0.15) is 0 Å². The van der Waals surface area contributed by atoms with Crippen molar-refractivity contribution in [2.24, 2.45) is 0 Å². The van der Waals surface area contributed by atoms with Crippen LogP contribution < -0.4 is 4.90 Å². The molecule has 0 aromatic heterocycles. The van der Waals surface area contributed by atoms with Gasteiger partial charge in [-0.15, -0.1) is 11.6 Å². The van der Waals surface area contributed by atoms with Gasteiger partial charge < -0.3 is 4.90 Å². The predicted octanol–water partition coefficient (Wildman–Crippen LogP) is 5.93. The number of hydrogen-bond donors (Lipinski definition) is 0. The van der Waals surface area contributed by atoms with Gasteiger partial charge in [-0.1, -0.05) is 41.4 Å². The van der Waals surface area contributed by atoms with E-state index in [1.807, 2.05) is 49.5 Å². The molecule has 0 saturated heterocycles. The molecule has 0 saturated carbocycles. The van der Waals surface area contributed by atoms with E-state index in [0.29, 0.717) is 10.9 Å². The van der Waals surface area contributed by atoms with Crippen LogP contribution in [0.5, 0.6) is 0 Å². The molecule has 0 fully saturated rings. The van der Waals surface area contributed by atoms with Gasteiger partial charge in [0.05, 0.1) is 6.04 Å². The second-order valence-corrected chi connectivity index (χ2v) is 5.86. The molecule has 0 aliphatic carbocycles. The smallest absolute Gasteiger partial charge is 0.0511 e. The van der Waals surface area contributed by atoms with Crippen molar-refractivity contribution >= 4 is 40.5 Å². The fraction of sp³-hybridized carbons (Fsp3) is 0.250. The molecule has 2 aromatic carbocycles. The van der Waals surface area contributed by atoms with Crippen molar-refractivity contribution in [1.82, 2.24) is 0 Å². The van der Waals surface area contributed by atoms with Crippen LogP contribution in [0.4, 0.5) is 5.69 Å². The zero-order valence-corrected chi connectivity index (χ0v) is 13.7. The summed E-state index contributed by atoms with van der Waals surface area (Å²) in [6.45, 7) is 2.15. The van der Waals surface area contributed by atoms with Gasteiger partial charge >= 0.3 is 0 Å². The van der Waals surface area contributed by atoms with E-state index in [-0.39, 0.29) is 6.04 Å². The molecule has 0 N–H and O–H groups in total. The lowest BCUT2D eigenvalue weighted by molar-refractivity contribution is 0.740. The predicted molar refractivity (Wildman–Crippen MR) is 89.3 cm³/mol. The van der Waals surface area contributed by atoms with E-state index in [4.69, 9.17) is 34.8 Å². The van der Waals surface area contributed by atoms with Crippen LogP contribution in [0.2, 0.25) is 10.0 Å². The molecule has 2 rings (SSSR count). The largest absolute Gasteiger partial charge is 0.368 e. The van der Waals surface area contributed by atoms with Gasteiger partial charge in [-0.05, 0) is 42.3 Å². The summed E-state index contributed by atoms with van der Waals surface area (Å²) < 4.78 is 0. The first-order valence-electron chi connectivity index (χ1n) is 6.35. The summed E-state index contributed by atoms with van der Waals surface area (Å²) in [5.74, 6) is 0.426. The Morgan fingerprint density at radius 2 is 1.70 bits per heavy atom. The second kappa shape index (κ2) is 6.71. The Hall–Kier alpha value is -0.890. The summed E-state index contributed by atoms with van der Waals surface area (Å²) >= 11 is 18.0. The Morgan fingerprint density at radius 3 is 2.25 bits per heavy atom. The lowest BCUT2D eigenvalue weighted by Gasteiger charge is -2.28. The van der Waals surface area contributed by atoms with E-state index in [1.54, 1.807) is 0 Å². The molecule has 1 unspecified atom stereocenters. The van der Waals surface area contributed by atoms with E-state index >= 15 is 0 Å². The minimum Gasteiger partial charge on any atom is -0.368 e. The minimum absolute atomic E-state index is 0.227. The highest BCUT2D eigenvalue weighted by Crippen LogP contribution is 2.30. The summed E-state index contributed by atoms with van der Waals surface area (Å²) in [5, 5.41) is 1.45. The molecule has 2 aromatic rings. The van der Waals surface area contributed by atoms with E-state index in [1.165, 1.54) is 5.56 Å². The SMILES string of the molecule is CC(c1ccc(Cl)cc1)N(C)c1ccc(CCl)c(Cl)c1. The molecular formula is C16H16Cl3N. The van der Waals surface area contributed by atoms with Crippen molar-refractivity contribution in [3.8, 4) is 0 Å². The van der Waals surface area contributed by atoms with Crippen molar-refractivity contribution in [3.63, 3.8) is 0 Å². The third-order valence-corrected chi connectivity index (χ3v) is 4.41. The molecule has 0 heterocycles. The maximum atomic E-state index is 6.22. The molecule has 0 aliphatic rings. The normalized spacial score (nSPS) is 12.2. The van der Waals surface area contributed by atoms with Crippen LogP contribution in [0, 0.1) is 0 Å². The lowest BCUT2D eigenvalue weighted by atomic mass is 10.1. The van der Waals surface area contributed by atoms with E-state index < -0.39 is 0 Å². The zero-order valence-electron chi connectivity index (χ0n) is 11.4. The van der Waals surface area contributed by atoms with Gasteiger partial charge in [0, 0.05) is 28.7 Å². The number of anilines is 1. The van der Waals surface area contributed by atoms with Crippen LogP contribution in [-0.2, 0) is 5.88 Å². The van der Waals surface area contributed by atoms with Gasteiger partial charge in [0.15, 0.2) is 0 Å². The van der Waals surface area contributed by atoms with Gasteiger partial charge in [-0.3, -0.25) is 0 Å². The third-order valence-electron chi connectivity index (χ3n) is 3.52. The molecule has 1 nitrogen and oxygen atoms in total. The quantitative estimate of drug-likeness (QED) is 0.629. The molecular weight excluding hydrogens is 313 g/mol. The molecule has 1 atom stereocenters. The maximum absolute atomic E-state index is 6.22. The fourth-order valence-electron chi connectivity index (χ4n) is 2.05. The molecule has 0 radical (unpaired) electrons. The Morgan fingerprint density at radius 1 is 1.05 bits per heavy atom. The number of benzene rings is 2. The van der Waals surface area contributed by atoms with E-state index in [2.05, 4.69) is 11.8 Å². The Labute approximate surface area is 135 Å². The average Bonchev–Trinajstić information content (AvgIpc) is 2.46. The maximum Gasteiger partial charge on any atom is 0.0511 e. The van der Waals surface area contributed by atoms with Crippen molar-refractivity contribution in [2.75, 3.05) is 11.9 Å². The van der Waals surface area contributed by atoms with Gasteiger partial charge in [0.25, 0.3) is 0 Å². The average molecular weight is 329 g/mol. The van der Waals surface area contributed by atoms with Gasteiger partial charge in [-0.2, -0.15) is 0 Å². The second-order valence-electron chi connectivity index (χ2n) is 4.75. The number of alkyl halides is 1. The van der Waals surface area contributed by atoms with Crippen LogP contribution in [0.25, 0.3) is 0 Å². The third kappa shape index (κ3) is 3.41. The number of halogens is 3. The summed E-state index contributed by atoms with van der Waals surface area (Å²) in [6.07, 6.45) is 0. The molecule has 0 amide bonds.